The number of aliphatic imine (C=N–C) groups is 1. The third-order valence-corrected chi connectivity index (χ3v) is 6.64. The van der Waals surface area contributed by atoms with Gasteiger partial charge in [0.1, 0.15) is 22.7 Å². The molecule has 2 aromatic rings. The highest BCUT2D eigenvalue weighted by Crippen LogP contribution is 2.55. The van der Waals surface area contributed by atoms with E-state index in [9.17, 15) is 18.4 Å². The van der Waals surface area contributed by atoms with Crippen LogP contribution in [0.15, 0.2) is 22.6 Å². The van der Waals surface area contributed by atoms with Gasteiger partial charge in [-0.25, -0.2) is 23.9 Å². The van der Waals surface area contributed by atoms with Gasteiger partial charge in [0.05, 0.1) is 16.0 Å². The van der Waals surface area contributed by atoms with Gasteiger partial charge in [0.15, 0.2) is 6.61 Å². The molecule has 3 heterocycles. The molecule has 3 atom stereocenters. The molecule has 1 fully saturated rings. The van der Waals surface area contributed by atoms with Gasteiger partial charge in [-0.2, -0.15) is 5.26 Å². The van der Waals surface area contributed by atoms with Crippen LogP contribution in [0.1, 0.15) is 39.7 Å². The first kappa shape index (κ1) is 23.8. The lowest BCUT2D eigenvalue weighted by Gasteiger charge is -2.38. The number of rotatable bonds is 3. The van der Waals surface area contributed by atoms with Crippen LogP contribution in [0.3, 0.4) is 0 Å². The summed E-state index contributed by atoms with van der Waals surface area (Å²) in [6.07, 6.45) is 0.734. The summed E-state index contributed by atoms with van der Waals surface area (Å²) in [4.78, 5) is 33.1. The number of amidine groups is 1. The highest BCUT2D eigenvalue weighted by Gasteiger charge is 2.66. The van der Waals surface area contributed by atoms with Crippen LogP contribution >= 0.6 is 11.3 Å². The van der Waals surface area contributed by atoms with Crippen LogP contribution in [-0.2, 0) is 14.3 Å². The first-order chi connectivity index (χ1) is 15.8. The molecule has 2 N–H and O–H groups in total. The molecule has 180 valence electrons. The van der Waals surface area contributed by atoms with Gasteiger partial charge in [0, 0.05) is 23.4 Å². The van der Waals surface area contributed by atoms with Crippen molar-refractivity contribution in [3.8, 4) is 6.07 Å². The predicted molar refractivity (Wildman–Crippen MR) is 121 cm³/mol. The molecule has 4 rings (SSSR count). The van der Waals surface area contributed by atoms with Gasteiger partial charge in [-0.05, 0) is 40.2 Å². The standard InChI is InChI=1S/C22H23F2N5O4S/c1-20(2,3)33-19(31)28-18-29-21(4,22(23,24)10-32-18)13-6-12(13)17(30)27-14-9-34-15-5-11(7-25)8-26-16(14)15/h5,8-9,12-13H,6,10H2,1-4H3,(H,27,30)(H,28,29,31)/t12-,13-,21?/m1/s1. The maximum Gasteiger partial charge on any atom is 0.415 e. The van der Waals surface area contributed by atoms with Crippen LogP contribution in [-0.4, -0.2) is 46.7 Å². The molecule has 0 aromatic carbocycles. The highest BCUT2D eigenvalue weighted by atomic mass is 32.1. The maximum absolute atomic E-state index is 14.9. The first-order valence-electron chi connectivity index (χ1n) is 10.5. The Labute approximate surface area is 198 Å². The molecule has 0 radical (unpaired) electrons. The smallest absolute Gasteiger partial charge is 0.415 e. The fourth-order valence-electron chi connectivity index (χ4n) is 3.84. The van der Waals surface area contributed by atoms with Crippen LogP contribution < -0.4 is 10.6 Å². The first-order valence-corrected chi connectivity index (χ1v) is 11.4. The van der Waals surface area contributed by atoms with Gasteiger partial charge in [-0.1, -0.05) is 0 Å². The van der Waals surface area contributed by atoms with Crippen LogP contribution in [0, 0.1) is 23.2 Å². The number of amides is 2. The Morgan fingerprint density at radius 3 is 2.76 bits per heavy atom. The second-order valence-electron chi connectivity index (χ2n) is 9.45. The molecule has 9 nitrogen and oxygen atoms in total. The van der Waals surface area contributed by atoms with E-state index in [0.717, 1.165) is 4.70 Å². The molecule has 2 amide bonds. The lowest BCUT2D eigenvalue weighted by Crippen LogP contribution is -2.56. The minimum absolute atomic E-state index is 0.204. The maximum atomic E-state index is 14.9. The highest BCUT2D eigenvalue weighted by molar-refractivity contribution is 7.17. The molecule has 34 heavy (non-hydrogen) atoms. The summed E-state index contributed by atoms with van der Waals surface area (Å²) < 4.78 is 40.6. The monoisotopic (exact) mass is 491 g/mol. The number of ether oxygens (including phenoxy) is 2. The lowest BCUT2D eigenvalue weighted by atomic mass is 9.87. The summed E-state index contributed by atoms with van der Waals surface area (Å²) in [6.45, 7) is 5.27. The number of carbonyl (C=O) groups is 2. The lowest BCUT2D eigenvalue weighted by molar-refractivity contribution is -0.127. The minimum Gasteiger partial charge on any atom is -0.458 e. The number of hydrogen-bond acceptors (Lipinski definition) is 8. The normalized spacial score (nSPS) is 25.5. The number of nitriles is 1. The number of aromatic nitrogens is 1. The number of thiophene rings is 1. The molecule has 1 unspecified atom stereocenters. The molecule has 0 spiro atoms. The fraction of sp³-hybridized carbons (Fsp3) is 0.500. The van der Waals surface area contributed by atoms with Crippen LogP contribution in [0.2, 0.25) is 0 Å². The number of halogens is 2. The molecule has 0 saturated heterocycles. The average molecular weight is 492 g/mol. The molecule has 2 aromatic heterocycles. The van der Waals surface area contributed by atoms with E-state index in [1.54, 1.807) is 32.2 Å². The largest absolute Gasteiger partial charge is 0.458 e. The van der Waals surface area contributed by atoms with Gasteiger partial charge in [0.2, 0.25) is 5.91 Å². The minimum atomic E-state index is -3.35. The van der Waals surface area contributed by atoms with Gasteiger partial charge >= 0.3 is 12.0 Å². The number of nitrogens with zero attached hydrogens (tertiary/aromatic N) is 3. The van der Waals surface area contributed by atoms with E-state index in [0.29, 0.717) is 16.8 Å². The van der Waals surface area contributed by atoms with Crippen molar-refractivity contribution in [2.75, 3.05) is 11.9 Å². The van der Waals surface area contributed by atoms with Crippen molar-refractivity contribution in [2.24, 2.45) is 16.8 Å². The van der Waals surface area contributed by atoms with Crippen LogP contribution in [0.4, 0.5) is 19.3 Å². The number of anilines is 1. The summed E-state index contributed by atoms with van der Waals surface area (Å²) in [7, 11) is 0. The Balaban J connectivity index is 1.49. The molecule has 0 bridgehead atoms. The molecule has 1 saturated carbocycles. The quantitative estimate of drug-likeness (QED) is 0.667. The summed E-state index contributed by atoms with van der Waals surface area (Å²) in [5.41, 5.74) is -1.35. The Hall–Kier alpha value is -3.33. The van der Waals surface area contributed by atoms with Crippen molar-refractivity contribution in [1.29, 1.82) is 5.26 Å². The van der Waals surface area contributed by atoms with Crippen LogP contribution in [0.25, 0.3) is 10.2 Å². The van der Waals surface area contributed by atoms with Crippen molar-refractivity contribution in [3.05, 3.63) is 23.2 Å². The zero-order chi connectivity index (χ0) is 24.9. The zero-order valence-electron chi connectivity index (χ0n) is 18.9. The fourth-order valence-corrected chi connectivity index (χ4v) is 4.72. The molecular formula is C22H23F2N5O4S. The predicted octanol–water partition coefficient (Wildman–Crippen LogP) is 4.05. The van der Waals surface area contributed by atoms with Crippen molar-refractivity contribution in [3.63, 3.8) is 0 Å². The van der Waals surface area contributed by atoms with E-state index in [1.807, 2.05) is 6.07 Å². The van der Waals surface area contributed by atoms with Gasteiger partial charge < -0.3 is 14.8 Å². The number of carbonyl (C=O) groups excluding carboxylic acids is 2. The Morgan fingerprint density at radius 1 is 1.35 bits per heavy atom. The van der Waals surface area contributed by atoms with Crippen molar-refractivity contribution >= 4 is 45.3 Å². The van der Waals surface area contributed by atoms with E-state index >= 15 is 0 Å². The Morgan fingerprint density at radius 2 is 2.09 bits per heavy atom. The van der Waals surface area contributed by atoms with E-state index in [2.05, 4.69) is 20.6 Å². The molecule has 2 aliphatic rings. The van der Waals surface area contributed by atoms with Crippen molar-refractivity contribution < 1.29 is 27.8 Å². The Kier molecular flexibility index (Phi) is 5.72. The second-order valence-corrected chi connectivity index (χ2v) is 10.4. The SMILES string of the molecule is CC(C)(C)OC(=O)NC1=NC(C)([C@@H]2C[C@H]2C(=O)Nc2csc3cc(C#N)cnc23)C(F)(F)CO1. The van der Waals surface area contributed by atoms with Crippen molar-refractivity contribution in [2.45, 2.75) is 51.2 Å². The van der Waals surface area contributed by atoms with Gasteiger partial charge in [-0.3, -0.25) is 9.78 Å². The van der Waals surface area contributed by atoms with Crippen LogP contribution in [0.5, 0.6) is 0 Å². The van der Waals surface area contributed by atoms with E-state index < -0.39 is 47.5 Å². The zero-order valence-corrected chi connectivity index (χ0v) is 19.8. The second kappa shape index (κ2) is 8.16. The van der Waals surface area contributed by atoms with E-state index in [4.69, 9.17) is 14.7 Å². The number of hydrogen-bond donors (Lipinski definition) is 2. The average Bonchev–Trinajstić information content (AvgIpc) is 3.46. The number of nitrogens with one attached hydrogen (secondary N) is 2. The van der Waals surface area contributed by atoms with E-state index in [-0.39, 0.29) is 12.4 Å². The third-order valence-electron chi connectivity index (χ3n) is 5.72. The van der Waals surface area contributed by atoms with E-state index in [1.165, 1.54) is 24.5 Å². The summed E-state index contributed by atoms with van der Waals surface area (Å²) >= 11 is 1.32. The summed E-state index contributed by atoms with van der Waals surface area (Å²) in [5, 5.41) is 15.7. The number of pyridine rings is 1. The molecule has 1 aliphatic heterocycles. The van der Waals surface area contributed by atoms with Crippen molar-refractivity contribution in [1.82, 2.24) is 10.3 Å². The third kappa shape index (κ3) is 4.52. The number of fused-ring (bicyclic) bond motifs is 1. The van der Waals surface area contributed by atoms with Gasteiger partial charge in [-0.15, -0.1) is 11.3 Å². The molecule has 12 heteroatoms. The molecular weight excluding hydrogens is 468 g/mol. The molecule has 1 aliphatic carbocycles. The summed E-state index contributed by atoms with van der Waals surface area (Å²) in [5.74, 6) is -5.23. The van der Waals surface area contributed by atoms with Gasteiger partial charge in [0.25, 0.3) is 6.02 Å². The Bertz CT molecular complexity index is 1230. The topological polar surface area (TPSA) is 126 Å². The summed E-state index contributed by atoms with van der Waals surface area (Å²) in [6, 6.07) is 3.31. The number of alkyl halides is 2. The number of alkyl carbamates (subject to hydrolysis) is 1.